The van der Waals surface area contributed by atoms with E-state index in [2.05, 4.69) is 10.6 Å². The Balaban J connectivity index is 1.26. The second-order valence-electron chi connectivity index (χ2n) is 12.6. The number of fused-ring (bicyclic) bond motifs is 10. The van der Waals surface area contributed by atoms with Crippen molar-refractivity contribution in [3.05, 3.63) is 106 Å². The van der Waals surface area contributed by atoms with Crippen LogP contribution in [0.25, 0.3) is 0 Å². The third-order valence-electron chi connectivity index (χ3n) is 10.0. The third kappa shape index (κ3) is 3.48. The van der Waals surface area contributed by atoms with Gasteiger partial charge in [0.05, 0.1) is 31.8 Å². The Hall–Kier alpha value is -6.12. The largest absolute Gasteiger partial charge is 0.497 e. The highest BCUT2D eigenvalue weighted by molar-refractivity contribution is 6.16. The first-order valence-corrected chi connectivity index (χ1v) is 15.5. The molecule has 2 unspecified atom stereocenters. The molecule has 254 valence electrons. The van der Waals surface area contributed by atoms with Gasteiger partial charge in [0, 0.05) is 52.2 Å². The fraction of sp³-hybridized carbons (Fsp3) is 0.222. The lowest BCUT2D eigenvalue weighted by atomic mass is 9.81. The molecule has 0 radical (unpaired) electrons. The molecule has 2 aliphatic carbocycles. The minimum atomic E-state index is -2.46. The number of amides is 2. The first-order chi connectivity index (χ1) is 23.8. The molecular formula is C36H30N4O10. The van der Waals surface area contributed by atoms with Gasteiger partial charge in [-0.2, -0.15) is 0 Å². The molecule has 4 aromatic carbocycles. The van der Waals surface area contributed by atoms with Crippen molar-refractivity contribution in [2.45, 2.75) is 36.0 Å². The number of carbonyl (C=O) groups excluding carboxylic acids is 4. The lowest BCUT2D eigenvalue weighted by molar-refractivity contribution is -0.176. The topological polar surface area (TPSA) is 222 Å². The van der Waals surface area contributed by atoms with Crippen molar-refractivity contribution in [3.8, 4) is 23.0 Å². The quantitative estimate of drug-likeness (QED) is 0.160. The predicted molar refractivity (Wildman–Crippen MR) is 174 cm³/mol. The average molecular weight is 679 g/mol. The normalized spacial score (nSPS) is 26.0. The number of benzene rings is 4. The van der Waals surface area contributed by atoms with Gasteiger partial charge in [0.15, 0.2) is 0 Å². The maximum Gasteiger partial charge on any atom is 0.271 e. The molecule has 0 saturated heterocycles. The molecule has 50 heavy (non-hydrogen) atoms. The summed E-state index contributed by atoms with van der Waals surface area (Å²) in [5.41, 5.74) is 8.51. The van der Waals surface area contributed by atoms with Crippen LogP contribution in [-0.2, 0) is 38.7 Å². The van der Waals surface area contributed by atoms with Crippen LogP contribution in [0.3, 0.4) is 0 Å². The Bertz CT molecular complexity index is 2260. The third-order valence-corrected chi connectivity index (χ3v) is 10.0. The molecule has 0 saturated carbocycles. The van der Waals surface area contributed by atoms with Crippen LogP contribution >= 0.6 is 0 Å². The maximum absolute atomic E-state index is 14.4. The Morgan fingerprint density at radius 1 is 0.760 bits per heavy atom. The molecule has 0 bridgehead atoms. The van der Waals surface area contributed by atoms with Crippen LogP contribution in [0.2, 0.25) is 0 Å². The van der Waals surface area contributed by atoms with E-state index in [1.54, 1.807) is 12.1 Å². The number of nitrogens with one attached hydrogen (secondary N) is 2. The summed E-state index contributed by atoms with van der Waals surface area (Å²) in [7, 11) is 2.80. The number of methoxy groups -OCH3 is 2. The molecule has 0 fully saturated rings. The van der Waals surface area contributed by atoms with Gasteiger partial charge in [-0.05, 0) is 36.4 Å². The number of Topliss-reactive ketones (excluding diaryl/α,β-unsaturated/α-hetero) is 2. The molecule has 0 spiro atoms. The molecule has 14 nitrogen and oxygen atoms in total. The molecule has 2 heterocycles. The van der Waals surface area contributed by atoms with E-state index in [4.69, 9.17) is 30.4 Å². The Labute approximate surface area is 283 Å². The van der Waals surface area contributed by atoms with E-state index in [9.17, 15) is 29.4 Å². The summed E-state index contributed by atoms with van der Waals surface area (Å²) >= 11 is 0. The number of nitrogens with two attached hydrogens (primary N) is 2. The number of rotatable bonds is 6. The first-order valence-electron chi connectivity index (χ1n) is 15.5. The zero-order chi connectivity index (χ0) is 35.5. The van der Waals surface area contributed by atoms with Crippen LogP contribution in [0.4, 0.5) is 11.4 Å². The number of aliphatic hydroxyl groups is 2. The van der Waals surface area contributed by atoms with Crippen molar-refractivity contribution in [1.82, 2.24) is 10.6 Å². The monoisotopic (exact) mass is 678 g/mol. The summed E-state index contributed by atoms with van der Waals surface area (Å²) < 4.78 is 23.2. The number of ketones is 2. The summed E-state index contributed by atoms with van der Waals surface area (Å²) in [5, 5.41) is 29.9. The van der Waals surface area contributed by atoms with E-state index >= 15 is 0 Å². The number of hydrogen-bond acceptors (Lipinski definition) is 12. The van der Waals surface area contributed by atoms with E-state index in [0.717, 1.165) is 0 Å². The van der Waals surface area contributed by atoms with Gasteiger partial charge >= 0.3 is 0 Å². The van der Waals surface area contributed by atoms with Crippen LogP contribution in [0, 0.1) is 0 Å². The molecule has 8 rings (SSSR count). The second kappa shape index (κ2) is 9.96. The van der Waals surface area contributed by atoms with E-state index in [0.29, 0.717) is 5.75 Å². The van der Waals surface area contributed by atoms with Gasteiger partial charge in [0.2, 0.25) is 34.5 Å². The molecule has 14 heteroatoms. The molecular weight excluding hydrogens is 648 g/mol. The van der Waals surface area contributed by atoms with Gasteiger partial charge < -0.3 is 51.3 Å². The zero-order valence-corrected chi connectivity index (χ0v) is 26.9. The molecule has 8 N–H and O–H groups in total. The summed E-state index contributed by atoms with van der Waals surface area (Å²) in [6, 6.07) is 16.5. The SMILES string of the molecule is COc1ccc2c(c1)OC1(O)c3cccc(N)c3C(=O)C21NC(=O)Cc1c(OC)ccc2c1O[C@@]1(O)c3cccc(N)c3C(=O)[C@@]21NC(C)=O. The van der Waals surface area contributed by atoms with E-state index in [1.165, 1.54) is 75.7 Å². The van der Waals surface area contributed by atoms with Gasteiger partial charge in [-0.3, -0.25) is 19.2 Å². The summed E-state index contributed by atoms with van der Waals surface area (Å²) in [6.07, 6.45) is -0.557. The van der Waals surface area contributed by atoms with Crippen LogP contribution in [-0.4, -0.2) is 47.8 Å². The van der Waals surface area contributed by atoms with Gasteiger partial charge in [0.1, 0.15) is 23.0 Å². The van der Waals surface area contributed by atoms with Gasteiger partial charge in [-0.15, -0.1) is 0 Å². The van der Waals surface area contributed by atoms with E-state index < -0.39 is 52.5 Å². The Kier molecular flexibility index (Phi) is 6.21. The highest BCUT2D eigenvalue weighted by Gasteiger charge is 2.74. The van der Waals surface area contributed by atoms with Gasteiger partial charge in [0.25, 0.3) is 11.6 Å². The number of hydrogen-bond donors (Lipinski definition) is 6. The number of ether oxygens (including phenoxy) is 4. The molecule has 4 aliphatic rings. The fourth-order valence-corrected chi connectivity index (χ4v) is 7.98. The van der Waals surface area contributed by atoms with Crippen LogP contribution < -0.4 is 41.0 Å². The number of nitrogen functional groups attached to an aromatic ring is 2. The number of anilines is 2. The van der Waals surface area contributed by atoms with E-state index in [-0.39, 0.29) is 67.6 Å². The Morgan fingerprint density at radius 2 is 1.34 bits per heavy atom. The van der Waals surface area contributed by atoms with Crippen molar-refractivity contribution >= 4 is 34.8 Å². The van der Waals surface area contributed by atoms with Crippen LogP contribution in [0.1, 0.15) is 55.5 Å². The van der Waals surface area contributed by atoms with Crippen molar-refractivity contribution in [2.75, 3.05) is 25.7 Å². The second-order valence-corrected chi connectivity index (χ2v) is 12.6. The van der Waals surface area contributed by atoms with Gasteiger partial charge in [-0.25, -0.2) is 0 Å². The highest BCUT2D eigenvalue weighted by atomic mass is 16.6. The molecule has 0 aromatic heterocycles. The molecule has 2 amide bonds. The highest BCUT2D eigenvalue weighted by Crippen LogP contribution is 2.62. The molecule has 4 atom stereocenters. The van der Waals surface area contributed by atoms with Crippen molar-refractivity contribution < 1.29 is 48.3 Å². The number of carbonyl (C=O) groups is 4. The lowest BCUT2D eigenvalue weighted by Gasteiger charge is -2.34. The standard InChI is InChI=1S/C36H30N4O10/c1-16(41)39-34-22-12-13-25(48-3)18(30(22)50-36(34,46)21-7-5-9-24(38)29(21)32(34)44)15-27(42)40-33-19-11-10-17(47-2)14-26(19)49-35(33,45)20-6-4-8-23(37)28(20)31(33)43/h4-14,45-46H,15,37-38H2,1-3H3,(H,39,41)(H,40,42)/t33?,34-,35?,36-/m0/s1. The smallest absolute Gasteiger partial charge is 0.271 e. The summed E-state index contributed by atoms with van der Waals surface area (Å²) in [4.78, 5) is 55.5. The van der Waals surface area contributed by atoms with Crippen LogP contribution in [0.15, 0.2) is 66.7 Å². The molecule has 4 aromatic rings. The van der Waals surface area contributed by atoms with E-state index in [1.807, 2.05) is 0 Å². The average Bonchev–Trinajstić information content (AvgIpc) is 3.62. The minimum absolute atomic E-state index is 0.0120. The summed E-state index contributed by atoms with van der Waals surface area (Å²) in [5.74, 6) is -7.25. The van der Waals surface area contributed by atoms with Crippen molar-refractivity contribution in [1.29, 1.82) is 0 Å². The summed E-state index contributed by atoms with van der Waals surface area (Å²) in [6.45, 7) is 1.19. The fourth-order valence-electron chi connectivity index (χ4n) is 7.98. The van der Waals surface area contributed by atoms with Crippen molar-refractivity contribution in [2.24, 2.45) is 0 Å². The lowest BCUT2D eigenvalue weighted by Crippen LogP contribution is -2.60. The van der Waals surface area contributed by atoms with Gasteiger partial charge in [-0.1, -0.05) is 24.3 Å². The van der Waals surface area contributed by atoms with Crippen LogP contribution in [0.5, 0.6) is 23.0 Å². The predicted octanol–water partition coefficient (Wildman–Crippen LogP) is 1.62. The minimum Gasteiger partial charge on any atom is -0.497 e. The maximum atomic E-state index is 14.4. The molecule has 2 aliphatic heterocycles. The van der Waals surface area contributed by atoms with Crippen molar-refractivity contribution in [3.63, 3.8) is 0 Å². The zero-order valence-electron chi connectivity index (χ0n) is 26.9. The first kappa shape index (κ1) is 31.2. The Morgan fingerprint density at radius 3 is 1.92 bits per heavy atom.